The van der Waals surface area contributed by atoms with Crippen LogP contribution in [0.5, 0.6) is 0 Å². The Kier molecular flexibility index (Phi) is 17.4. The third-order valence-corrected chi connectivity index (χ3v) is 6.42. The molecule has 0 saturated carbocycles. The predicted molar refractivity (Wildman–Crippen MR) is 134 cm³/mol. The van der Waals surface area contributed by atoms with Crippen molar-refractivity contribution < 1.29 is 8.78 Å². The van der Waals surface area contributed by atoms with Gasteiger partial charge in [-0.2, -0.15) is 0 Å². The number of halogens is 4. The smallest absolute Gasteiger partial charge is 0.238 e. The summed E-state index contributed by atoms with van der Waals surface area (Å²) in [5.41, 5.74) is 2.04. The van der Waals surface area contributed by atoms with Crippen LogP contribution >= 0.6 is 23.2 Å². The van der Waals surface area contributed by atoms with Crippen LogP contribution in [0.15, 0.2) is 12.1 Å². The quantitative estimate of drug-likeness (QED) is 0.184. The van der Waals surface area contributed by atoms with Crippen molar-refractivity contribution >= 4 is 28.9 Å². The first-order valence-electron chi connectivity index (χ1n) is 12.5. The first kappa shape index (κ1) is 28.5. The Labute approximate surface area is 199 Å². The molecule has 0 aliphatic rings. The summed E-state index contributed by atoms with van der Waals surface area (Å²) in [5, 5.41) is 4.84. The van der Waals surface area contributed by atoms with Crippen molar-refractivity contribution in [1.29, 1.82) is 0 Å². The van der Waals surface area contributed by atoms with E-state index < -0.39 is 6.43 Å². The van der Waals surface area contributed by atoms with Crippen molar-refractivity contribution in [2.24, 2.45) is 0 Å². The summed E-state index contributed by atoms with van der Waals surface area (Å²) in [6.45, 7) is 3.16. The predicted octanol–water partition coefficient (Wildman–Crippen LogP) is 10.5. The van der Waals surface area contributed by atoms with E-state index in [0.29, 0.717) is 16.5 Å². The van der Waals surface area contributed by atoms with Gasteiger partial charge in [-0.05, 0) is 43.4 Å². The van der Waals surface area contributed by atoms with Gasteiger partial charge in [0.05, 0.1) is 15.7 Å². The Morgan fingerprint density at radius 2 is 1.19 bits per heavy atom. The highest BCUT2D eigenvalue weighted by atomic mass is 35.5. The Morgan fingerprint density at radius 1 is 0.710 bits per heavy atom. The minimum absolute atomic E-state index is 0.0471. The molecule has 31 heavy (non-hydrogen) atoms. The number of hydrogen-bond donors (Lipinski definition) is 1. The standard InChI is InChI=1S/C26H43Cl2F2N/c1-2-3-4-5-6-10-13-16-19-31-26-23(27)20-22(21-24(26)28)17-14-11-8-7-9-12-15-18-25(29)30/h20-21,25,31H,2-19H2,1H3. The molecule has 0 aliphatic carbocycles. The molecule has 0 aromatic heterocycles. The molecule has 1 aromatic rings. The van der Waals surface area contributed by atoms with E-state index in [0.717, 1.165) is 63.6 Å². The molecule has 0 amide bonds. The lowest BCUT2D eigenvalue weighted by molar-refractivity contribution is 0.133. The van der Waals surface area contributed by atoms with E-state index in [4.69, 9.17) is 23.2 Å². The van der Waals surface area contributed by atoms with Gasteiger partial charge >= 0.3 is 0 Å². The summed E-state index contributed by atoms with van der Waals surface area (Å²) < 4.78 is 24.2. The average Bonchev–Trinajstić information content (AvgIpc) is 2.72. The van der Waals surface area contributed by atoms with Crippen LogP contribution in [0.2, 0.25) is 10.0 Å². The molecule has 1 nitrogen and oxygen atoms in total. The number of nitrogens with one attached hydrogen (secondary N) is 1. The lowest BCUT2D eigenvalue weighted by Gasteiger charge is -2.13. The fraction of sp³-hybridized carbons (Fsp3) is 0.769. The number of anilines is 1. The molecule has 180 valence electrons. The van der Waals surface area contributed by atoms with E-state index in [9.17, 15) is 8.78 Å². The second-order valence-corrected chi connectivity index (χ2v) is 9.56. The molecule has 0 atom stereocenters. The van der Waals surface area contributed by atoms with E-state index in [2.05, 4.69) is 12.2 Å². The molecule has 0 heterocycles. The van der Waals surface area contributed by atoms with Gasteiger partial charge in [-0.15, -0.1) is 0 Å². The number of unbranched alkanes of at least 4 members (excludes halogenated alkanes) is 13. The summed E-state index contributed by atoms with van der Waals surface area (Å²) in [6.07, 6.45) is 16.5. The fourth-order valence-electron chi connectivity index (χ4n) is 3.92. The van der Waals surface area contributed by atoms with Crippen LogP contribution in [-0.2, 0) is 6.42 Å². The maximum Gasteiger partial charge on any atom is 0.238 e. The molecule has 1 rings (SSSR count). The zero-order chi connectivity index (χ0) is 22.7. The second-order valence-electron chi connectivity index (χ2n) is 8.74. The highest BCUT2D eigenvalue weighted by Gasteiger charge is 2.08. The van der Waals surface area contributed by atoms with Crippen LogP contribution in [0.25, 0.3) is 0 Å². The van der Waals surface area contributed by atoms with Crippen molar-refractivity contribution in [2.75, 3.05) is 11.9 Å². The number of alkyl halides is 2. The van der Waals surface area contributed by atoms with Gasteiger partial charge in [-0.1, -0.05) is 107 Å². The minimum atomic E-state index is -2.15. The maximum absolute atomic E-state index is 12.1. The van der Waals surface area contributed by atoms with Gasteiger partial charge < -0.3 is 5.32 Å². The Hall–Kier alpha value is -0.540. The number of hydrogen-bond acceptors (Lipinski definition) is 1. The van der Waals surface area contributed by atoms with Gasteiger partial charge in [0.1, 0.15) is 0 Å². The molecule has 0 unspecified atom stereocenters. The van der Waals surface area contributed by atoms with Gasteiger partial charge in [0.2, 0.25) is 6.43 Å². The number of aryl methyl sites for hydroxylation is 1. The van der Waals surface area contributed by atoms with Crippen molar-refractivity contribution in [3.8, 4) is 0 Å². The summed E-state index contributed by atoms with van der Waals surface area (Å²) in [5.74, 6) is 0. The van der Waals surface area contributed by atoms with E-state index in [1.807, 2.05) is 12.1 Å². The normalized spacial score (nSPS) is 11.4. The first-order valence-corrected chi connectivity index (χ1v) is 13.3. The Balaban J connectivity index is 2.14. The maximum atomic E-state index is 12.1. The fourth-order valence-corrected chi connectivity index (χ4v) is 4.59. The van der Waals surface area contributed by atoms with Crippen molar-refractivity contribution in [2.45, 2.75) is 123 Å². The van der Waals surface area contributed by atoms with E-state index in [1.54, 1.807) is 0 Å². The van der Waals surface area contributed by atoms with Crippen LogP contribution in [0.3, 0.4) is 0 Å². The molecule has 5 heteroatoms. The van der Waals surface area contributed by atoms with Crippen LogP contribution < -0.4 is 5.32 Å². The van der Waals surface area contributed by atoms with Crippen LogP contribution in [0, 0.1) is 0 Å². The van der Waals surface area contributed by atoms with Gasteiger partial charge in [0.25, 0.3) is 0 Å². The second kappa shape index (κ2) is 19.0. The molecule has 0 saturated heterocycles. The molecule has 0 radical (unpaired) electrons. The van der Waals surface area contributed by atoms with Crippen LogP contribution in [-0.4, -0.2) is 13.0 Å². The monoisotopic (exact) mass is 477 g/mol. The average molecular weight is 479 g/mol. The van der Waals surface area contributed by atoms with Gasteiger partial charge in [0, 0.05) is 13.0 Å². The molecule has 0 aliphatic heterocycles. The number of rotatable bonds is 20. The van der Waals surface area contributed by atoms with Crippen LogP contribution in [0.1, 0.15) is 115 Å². The van der Waals surface area contributed by atoms with Crippen LogP contribution in [0.4, 0.5) is 14.5 Å². The van der Waals surface area contributed by atoms with Gasteiger partial charge in [0.15, 0.2) is 0 Å². The largest absolute Gasteiger partial charge is 0.383 e. The molecular formula is C26H43Cl2F2N. The topological polar surface area (TPSA) is 12.0 Å². The molecule has 0 bridgehead atoms. The summed E-state index contributed by atoms with van der Waals surface area (Å²) in [7, 11) is 0. The van der Waals surface area contributed by atoms with E-state index in [1.165, 1.54) is 50.5 Å². The van der Waals surface area contributed by atoms with E-state index in [-0.39, 0.29) is 6.42 Å². The highest BCUT2D eigenvalue weighted by molar-refractivity contribution is 6.39. The first-order chi connectivity index (χ1) is 15.0. The molecular weight excluding hydrogens is 435 g/mol. The Morgan fingerprint density at radius 3 is 1.74 bits per heavy atom. The third-order valence-electron chi connectivity index (χ3n) is 5.82. The SMILES string of the molecule is CCCCCCCCCCNc1c(Cl)cc(CCCCCCCCCC(F)F)cc1Cl. The number of benzene rings is 1. The molecule has 0 spiro atoms. The molecule has 1 N–H and O–H groups in total. The van der Waals surface area contributed by atoms with E-state index >= 15 is 0 Å². The zero-order valence-corrected chi connectivity index (χ0v) is 21.0. The summed E-state index contributed by atoms with van der Waals surface area (Å²) in [6, 6.07) is 4.07. The van der Waals surface area contributed by atoms with Crippen molar-refractivity contribution in [3.05, 3.63) is 27.7 Å². The zero-order valence-electron chi connectivity index (χ0n) is 19.5. The minimum Gasteiger partial charge on any atom is -0.383 e. The van der Waals surface area contributed by atoms with Gasteiger partial charge in [-0.3, -0.25) is 0 Å². The molecule has 0 fully saturated rings. The van der Waals surface area contributed by atoms with Crippen molar-refractivity contribution in [3.63, 3.8) is 0 Å². The summed E-state index contributed by atoms with van der Waals surface area (Å²) >= 11 is 13.0. The van der Waals surface area contributed by atoms with Crippen molar-refractivity contribution in [1.82, 2.24) is 0 Å². The third kappa shape index (κ3) is 15.0. The summed E-state index contributed by atoms with van der Waals surface area (Å²) in [4.78, 5) is 0. The highest BCUT2D eigenvalue weighted by Crippen LogP contribution is 2.32. The van der Waals surface area contributed by atoms with Gasteiger partial charge in [-0.25, -0.2) is 8.78 Å². The Bertz CT molecular complexity index is 543. The molecule has 1 aromatic carbocycles. The lowest BCUT2D eigenvalue weighted by atomic mass is 10.0. The lowest BCUT2D eigenvalue weighted by Crippen LogP contribution is -2.03.